The third-order valence-electron chi connectivity index (χ3n) is 9.20. The van der Waals surface area contributed by atoms with E-state index in [1.165, 1.54) is 24.3 Å². The first-order valence-electron chi connectivity index (χ1n) is 19.3. The van der Waals surface area contributed by atoms with Crippen molar-refractivity contribution in [1.29, 1.82) is 0 Å². The third kappa shape index (κ3) is 17.4. The zero-order valence-corrected chi connectivity index (χ0v) is 41.6. The van der Waals surface area contributed by atoms with E-state index in [0.717, 1.165) is 20.9 Å². The summed E-state index contributed by atoms with van der Waals surface area (Å²) in [5.74, 6) is -2.88. The number of thioether (sulfide) groups is 2. The Kier molecular flexibility index (Phi) is 22.8. The molecule has 0 fully saturated rings. The number of hydrogen-bond donors (Lipinski definition) is 4. The Balaban J connectivity index is 0.00000641. The standard InChI is InChI=1S/C45H54F2O10S2.2Na/c1-25(2)37-19-35(21-39(27-7-11-29(46)12-8-27)43(37)56-23-33(50)15-31(48)17-41(52)53)58-45(5,6)59-36-20-38(26(3)4)44(40(22-36)28-9-13-30(47)14-10-28)57-24-34(51)16-32(49)18-42(54)55;;/h7-14,19-22,25-26,31-34,48-51H,15-18,23-24H2,1-6H3,(H,52,53)(H,54,55);;/q;2*+1/p-2/t31-,32-,33-,34-;;/m1../s1. The minimum atomic E-state index is -1.43. The summed E-state index contributed by atoms with van der Waals surface area (Å²) < 4.78 is 40.1. The van der Waals surface area contributed by atoms with Crippen LogP contribution in [0, 0.1) is 11.6 Å². The van der Waals surface area contributed by atoms with Crippen LogP contribution in [0.5, 0.6) is 11.5 Å². The van der Waals surface area contributed by atoms with Crippen LogP contribution in [-0.2, 0) is 9.59 Å². The molecule has 16 heteroatoms. The van der Waals surface area contributed by atoms with Crippen LogP contribution in [0.1, 0.15) is 90.2 Å². The van der Waals surface area contributed by atoms with Crippen molar-refractivity contribution >= 4 is 35.5 Å². The number of aliphatic carboxylic acids is 2. The van der Waals surface area contributed by atoms with E-state index in [2.05, 4.69) is 13.8 Å². The average Bonchev–Trinajstić information content (AvgIpc) is 3.12. The number of carbonyl (C=O) groups is 2. The van der Waals surface area contributed by atoms with E-state index in [-0.39, 0.29) is 97.0 Å². The topological polar surface area (TPSA) is 180 Å². The van der Waals surface area contributed by atoms with Gasteiger partial charge < -0.3 is 49.7 Å². The number of hydrogen-bond acceptors (Lipinski definition) is 12. The molecular formula is C45H52F2Na2O10S2. The molecule has 4 aromatic carbocycles. The van der Waals surface area contributed by atoms with Gasteiger partial charge in [-0.15, -0.1) is 23.5 Å². The van der Waals surface area contributed by atoms with E-state index in [0.29, 0.717) is 33.8 Å². The van der Waals surface area contributed by atoms with Crippen molar-refractivity contribution in [2.45, 2.75) is 117 Å². The molecule has 0 radical (unpaired) electrons. The van der Waals surface area contributed by atoms with E-state index >= 15 is 0 Å². The van der Waals surface area contributed by atoms with Gasteiger partial charge in [-0.25, -0.2) is 8.78 Å². The molecule has 0 saturated carbocycles. The maximum atomic E-state index is 14.1. The molecule has 0 aliphatic heterocycles. The molecule has 4 rings (SSSR count). The van der Waals surface area contributed by atoms with Gasteiger partial charge in [-0.05, 0) is 96.5 Å². The first-order chi connectivity index (χ1) is 27.7. The smallest absolute Gasteiger partial charge is 0.550 e. The Hall–Kier alpha value is -2.18. The molecule has 10 nitrogen and oxygen atoms in total. The van der Waals surface area contributed by atoms with Crippen molar-refractivity contribution in [3.8, 4) is 33.8 Å². The van der Waals surface area contributed by atoms with Gasteiger partial charge >= 0.3 is 59.1 Å². The van der Waals surface area contributed by atoms with Crippen molar-refractivity contribution in [2.75, 3.05) is 13.2 Å². The van der Waals surface area contributed by atoms with Crippen LogP contribution in [0.15, 0.2) is 82.6 Å². The summed E-state index contributed by atoms with van der Waals surface area (Å²) in [6, 6.07) is 19.8. The molecule has 0 aliphatic rings. The van der Waals surface area contributed by atoms with Gasteiger partial charge in [0.1, 0.15) is 36.3 Å². The van der Waals surface area contributed by atoms with Gasteiger partial charge in [0.2, 0.25) is 0 Å². The maximum absolute atomic E-state index is 14.1. The summed E-state index contributed by atoms with van der Waals surface area (Å²) >= 11 is 3.17. The molecule has 4 atom stereocenters. The van der Waals surface area contributed by atoms with Crippen LogP contribution in [0.4, 0.5) is 8.78 Å². The fourth-order valence-corrected chi connectivity index (χ4v) is 9.10. The summed E-state index contributed by atoms with van der Waals surface area (Å²) in [7, 11) is 0. The summed E-state index contributed by atoms with van der Waals surface area (Å²) in [5, 5.41) is 63.2. The molecule has 4 N–H and O–H groups in total. The number of carboxylic acid groups (broad SMARTS) is 2. The number of aliphatic hydroxyl groups is 4. The van der Waals surface area contributed by atoms with Crippen LogP contribution in [0.25, 0.3) is 22.3 Å². The first kappa shape index (κ1) is 55.0. The fourth-order valence-electron chi connectivity index (χ4n) is 6.50. The fraction of sp³-hybridized carbons (Fsp3) is 0.422. The minimum absolute atomic E-state index is 0. The number of carboxylic acids is 2. The van der Waals surface area contributed by atoms with Crippen LogP contribution < -0.4 is 78.8 Å². The van der Waals surface area contributed by atoms with E-state index in [1.54, 1.807) is 47.8 Å². The molecule has 0 saturated heterocycles. The Morgan fingerprint density at radius 2 is 0.934 bits per heavy atom. The molecular weight excluding hydrogens is 849 g/mol. The Morgan fingerprint density at radius 3 is 1.23 bits per heavy atom. The SMILES string of the molecule is CC(C)c1cc(SC(C)(C)Sc2cc(-c3ccc(F)cc3)c(OC[C@H](O)C[C@@H](O)CC(=O)[O-])c(C(C)C)c2)cc(-c2ccc(F)cc2)c1OC[C@H](O)C[C@@H](O)CC(=O)[O-].[Na+].[Na+]. The minimum Gasteiger partial charge on any atom is -0.550 e. The monoisotopic (exact) mass is 900 g/mol. The van der Waals surface area contributed by atoms with Crippen molar-refractivity contribution in [2.24, 2.45) is 0 Å². The van der Waals surface area contributed by atoms with Gasteiger partial charge in [0.05, 0.1) is 28.5 Å². The van der Waals surface area contributed by atoms with Gasteiger partial charge in [-0.3, -0.25) is 0 Å². The van der Waals surface area contributed by atoms with E-state index in [1.807, 2.05) is 52.0 Å². The van der Waals surface area contributed by atoms with E-state index in [4.69, 9.17) is 9.47 Å². The summed E-state index contributed by atoms with van der Waals surface area (Å²) in [5.41, 5.74) is 4.27. The molecule has 0 heterocycles. The summed E-state index contributed by atoms with van der Waals surface area (Å²) in [4.78, 5) is 23.6. The molecule has 61 heavy (non-hydrogen) atoms. The first-order valence-corrected chi connectivity index (χ1v) is 21.0. The predicted molar refractivity (Wildman–Crippen MR) is 221 cm³/mol. The molecule has 0 aliphatic carbocycles. The van der Waals surface area contributed by atoms with Gasteiger partial charge in [0.25, 0.3) is 0 Å². The number of aliphatic hydroxyl groups excluding tert-OH is 4. The van der Waals surface area contributed by atoms with E-state index < -0.39 is 64.9 Å². The van der Waals surface area contributed by atoms with Crippen molar-refractivity contribution in [3.05, 3.63) is 95.6 Å². The van der Waals surface area contributed by atoms with E-state index in [9.17, 15) is 49.0 Å². The summed E-state index contributed by atoms with van der Waals surface area (Å²) in [6.45, 7) is 11.6. The Morgan fingerprint density at radius 1 is 0.607 bits per heavy atom. The van der Waals surface area contributed by atoms with Crippen LogP contribution in [0.2, 0.25) is 0 Å². The molecule has 0 unspecified atom stereocenters. The zero-order valence-electron chi connectivity index (χ0n) is 35.9. The molecule has 0 amide bonds. The number of benzene rings is 4. The number of carbonyl (C=O) groups excluding carboxylic acids is 2. The number of halogens is 2. The molecule has 4 aromatic rings. The van der Waals surface area contributed by atoms with Gasteiger partial charge in [0, 0.05) is 58.5 Å². The Labute approximate surface area is 409 Å². The van der Waals surface area contributed by atoms with Crippen LogP contribution >= 0.6 is 23.5 Å². The van der Waals surface area contributed by atoms with Crippen molar-refractivity contribution in [3.63, 3.8) is 0 Å². The Bertz CT molecular complexity index is 1890. The second-order valence-electron chi connectivity index (χ2n) is 15.6. The second kappa shape index (κ2) is 25.3. The van der Waals surface area contributed by atoms with Gasteiger partial charge in [0.15, 0.2) is 0 Å². The molecule has 0 bridgehead atoms. The summed E-state index contributed by atoms with van der Waals surface area (Å²) in [6.07, 6.45) is -6.69. The average molecular weight is 901 g/mol. The van der Waals surface area contributed by atoms with Crippen LogP contribution in [-0.4, -0.2) is 74.1 Å². The maximum Gasteiger partial charge on any atom is 1.00 e. The molecule has 320 valence electrons. The molecule has 0 spiro atoms. The normalized spacial score (nSPS) is 13.5. The zero-order chi connectivity index (χ0) is 43.6. The molecule has 0 aromatic heterocycles. The van der Waals surface area contributed by atoms with Crippen molar-refractivity contribution in [1.82, 2.24) is 0 Å². The predicted octanol–water partition coefficient (Wildman–Crippen LogP) is 0.436. The number of rotatable bonds is 22. The van der Waals surface area contributed by atoms with Gasteiger partial charge in [-0.2, -0.15) is 0 Å². The van der Waals surface area contributed by atoms with Crippen LogP contribution in [0.3, 0.4) is 0 Å². The largest absolute Gasteiger partial charge is 1.00 e. The van der Waals surface area contributed by atoms with Gasteiger partial charge in [-0.1, -0.05) is 52.0 Å². The quantitative estimate of drug-likeness (QED) is 0.0487. The van der Waals surface area contributed by atoms with Crippen molar-refractivity contribution < 1.29 is 118 Å². The second-order valence-corrected chi connectivity index (χ2v) is 19.2. The third-order valence-corrected chi connectivity index (χ3v) is 11.6. The number of ether oxygens (including phenoxy) is 2.